The van der Waals surface area contributed by atoms with Gasteiger partial charge in [-0.15, -0.1) is 0 Å². The normalized spacial score (nSPS) is 19.7. The van der Waals surface area contributed by atoms with E-state index in [1.807, 2.05) is 0 Å². The lowest BCUT2D eigenvalue weighted by Gasteiger charge is -2.20. The van der Waals surface area contributed by atoms with Crippen molar-refractivity contribution in [3.8, 4) is 0 Å². The zero-order valence-electron chi connectivity index (χ0n) is 11.3. The third kappa shape index (κ3) is 2.45. The second-order valence-corrected chi connectivity index (χ2v) is 6.41. The van der Waals surface area contributed by atoms with E-state index in [-0.39, 0.29) is 12.0 Å². The number of carbonyl (C=O) groups excluding carboxylic acids is 2. The molecule has 1 atom stereocenters. The van der Waals surface area contributed by atoms with E-state index in [4.69, 9.17) is 11.6 Å². The van der Waals surface area contributed by atoms with E-state index in [0.717, 1.165) is 0 Å². The summed E-state index contributed by atoms with van der Waals surface area (Å²) in [6.07, 6.45) is -0.369. The van der Waals surface area contributed by atoms with Crippen LogP contribution in [0.25, 0.3) is 0 Å². The van der Waals surface area contributed by atoms with Crippen molar-refractivity contribution in [1.82, 2.24) is 0 Å². The number of hydrogen-bond acceptors (Lipinski definition) is 3. The molecule has 0 spiro atoms. The molecule has 0 fully saturated rings. The summed E-state index contributed by atoms with van der Waals surface area (Å²) in [7, 11) is 0. The first kappa shape index (κ1) is 15.2. The van der Waals surface area contributed by atoms with Crippen molar-refractivity contribution in [2.45, 2.75) is 12.0 Å². The van der Waals surface area contributed by atoms with Crippen molar-refractivity contribution in [2.75, 3.05) is 5.32 Å². The molecule has 0 radical (unpaired) electrons. The molecular weight excluding hydrogens is 370 g/mol. The molecule has 2 aromatic rings. The van der Waals surface area contributed by atoms with Gasteiger partial charge in [0.05, 0.1) is 11.4 Å². The summed E-state index contributed by atoms with van der Waals surface area (Å²) >= 11 is 9.30. The topological polar surface area (TPSA) is 66.4 Å². The minimum absolute atomic E-state index is 0.286. The number of nitrogens with one attached hydrogen (secondary N) is 1. The van der Waals surface area contributed by atoms with Crippen molar-refractivity contribution in [3.05, 3.63) is 63.1 Å². The number of Topliss-reactive ketones (excluding diaryl/α,β-unsaturated/α-hetero) is 1. The first-order valence-electron chi connectivity index (χ1n) is 6.53. The van der Waals surface area contributed by atoms with Crippen LogP contribution >= 0.6 is 27.5 Å². The quantitative estimate of drug-likeness (QED) is 0.801. The van der Waals surface area contributed by atoms with Crippen LogP contribution in [0.15, 0.2) is 46.9 Å². The fraction of sp³-hybridized carbons (Fsp3) is 0.125. The molecule has 0 bridgehead atoms. The van der Waals surface area contributed by atoms with E-state index < -0.39 is 17.3 Å². The monoisotopic (exact) mass is 379 g/mol. The third-order valence-corrected chi connectivity index (χ3v) is 4.46. The highest BCUT2D eigenvalue weighted by molar-refractivity contribution is 9.10. The molecule has 0 aliphatic carbocycles. The maximum absolute atomic E-state index is 12.4. The Bertz CT molecular complexity index is 793. The van der Waals surface area contributed by atoms with E-state index in [2.05, 4.69) is 21.2 Å². The lowest BCUT2D eigenvalue weighted by atomic mass is 9.88. The molecule has 1 amide bonds. The molecule has 0 saturated carbocycles. The average Bonchev–Trinajstić information content (AvgIpc) is 2.71. The molecule has 2 aromatic carbocycles. The summed E-state index contributed by atoms with van der Waals surface area (Å²) in [4.78, 5) is 24.6. The molecule has 0 saturated heterocycles. The maximum atomic E-state index is 12.4. The van der Waals surface area contributed by atoms with E-state index in [0.29, 0.717) is 20.7 Å². The lowest BCUT2D eigenvalue weighted by molar-refractivity contribution is -0.133. The highest BCUT2D eigenvalue weighted by atomic mass is 79.9. The molecule has 22 heavy (non-hydrogen) atoms. The van der Waals surface area contributed by atoms with Crippen LogP contribution in [0.4, 0.5) is 5.69 Å². The number of hydrogen-bond donors (Lipinski definition) is 2. The molecule has 1 aliphatic heterocycles. The molecule has 1 aliphatic rings. The minimum atomic E-state index is -1.89. The van der Waals surface area contributed by atoms with Gasteiger partial charge in [-0.05, 0) is 30.3 Å². The fourth-order valence-corrected chi connectivity index (χ4v) is 3.11. The Balaban J connectivity index is 1.98. The number of rotatable bonds is 3. The summed E-state index contributed by atoms with van der Waals surface area (Å²) in [5, 5.41) is 13.6. The summed E-state index contributed by atoms with van der Waals surface area (Å²) in [5.41, 5.74) is -0.723. The van der Waals surface area contributed by atoms with Crippen LogP contribution < -0.4 is 5.32 Å². The van der Waals surface area contributed by atoms with E-state index in [1.54, 1.807) is 42.5 Å². The zero-order chi connectivity index (χ0) is 15.9. The summed E-state index contributed by atoms with van der Waals surface area (Å²) in [5.74, 6) is -1.00. The van der Waals surface area contributed by atoms with Crippen LogP contribution in [0.1, 0.15) is 22.3 Å². The minimum Gasteiger partial charge on any atom is -0.375 e. The number of benzene rings is 2. The predicted molar refractivity (Wildman–Crippen MR) is 87.1 cm³/mol. The number of halogens is 2. The van der Waals surface area contributed by atoms with E-state index in [9.17, 15) is 14.7 Å². The second kappa shape index (κ2) is 5.50. The van der Waals surface area contributed by atoms with Gasteiger partial charge in [0, 0.05) is 21.3 Å². The first-order valence-corrected chi connectivity index (χ1v) is 7.70. The van der Waals surface area contributed by atoms with Gasteiger partial charge in [0.1, 0.15) is 0 Å². The van der Waals surface area contributed by atoms with Gasteiger partial charge >= 0.3 is 0 Å². The van der Waals surface area contributed by atoms with Crippen molar-refractivity contribution in [3.63, 3.8) is 0 Å². The Kier molecular flexibility index (Phi) is 3.80. The van der Waals surface area contributed by atoms with Crippen LogP contribution in [-0.2, 0) is 10.4 Å². The van der Waals surface area contributed by atoms with Crippen molar-refractivity contribution in [2.24, 2.45) is 0 Å². The fourth-order valence-electron chi connectivity index (χ4n) is 2.51. The molecule has 112 valence electrons. The van der Waals surface area contributed by atoms with Gasteiger partial charge in [0.15, 0.2) is 11.4 Å². The first-order chi connectivity index (χ1) is 10.4. The number of carbonyl (C=O) groups is 2. The van der Waals surface area contributed by atoms with Crippen LogP contribution in [0.2, 0.25) is 5.02 Å². The number of amides is 1. The number of anilines is 1. The van der Waals surface area contributed by atoms with E-state index in [1.165, 1.54) is 0 Å². The van der Waals surface area contributed by atoms with Gasteiger partial charge < -0.3 is 10.4 Å². The molecule has 0 aromatic heterocycles. The standard InChI is InChI=1S/C16H11BrClNO3/c17-9-5-6-13-11(7-9)16(22,15(21)19-13)8-14(20)10-3-1-2-4-12(10)18/h1-7,22H,8H2,(H,19,21). The maximum Gasteiger partial charge on any atom is 0.261 e. The Labute approximate surface area is 140 Å². The molecular formula is C16H11BrClNO3. The summed E-state index contributed by atoms with van der Waals surface area (Å²) < 4.78 is 0.714. The van der Waals surface area contributed by atoms with Crippen molar-refractivity contribution in [1.29, 1.82) is 0 Å². The van der Waals surface area contributed by atoms with Gasteiger partial charge in [-0.2, -0.15) is 0 Å². The summed E-state index contributed by atoms with van der Waals surface area (Å²) in [6.45, 7) is 0. The van der Waals surface area contributed by atoms with E-state index >= 15 is 0 Å². The van der Waals surface area contributed by atoms with Crippen LogP contribution in [0.3, 0.4) is 0 Å². The largest absolute Gasteiger partial charge is 0.375 e. The Hall–Kier alpha value is -1.69. The van der Waals surface area contributed by atoms with Gasteiger partial charge in [0.2, 0.25) is 0 Å². The number of fused-ring (bicyclic) bond motifs is 1. The van der Waals surface area contributed by atoms with Gasteiger partial charge in [-0.1, -0.05) is 39.7 Å². The third-order valence-electron chi connectivity index (χ3n) is 3.64. The Morgan fingerprint density at radius 2 is 2.00 bits per heavy atom. The van der Waals surface area contributed by atoms with Crippen molar-refractivity contribution < 1.29 is 14.7 Å². The highest BCUT2D eigenvalue weighted by Gasteiger charge is 2.47. The number of ketones is 1. The molecule has 3 rings (SSSR count). The molecule has 4 nitrogen and oxygen atoms in total. The predicted octanol–water partition coefficient (Wildman–Crippen LogP) is 3.52. The van der Waals surface area contributed by atoms with Crippen LogP contribution in [0, 0.1) is 0 Å². The van der Waals surface area contributed by atoms with Gasteiger partial charge in [-0.3, -0.25) is 9.59 Å². The lowest BCUT2D eigenvalue weighted by Crippen LogP contribution is -2.36. The SMILES string of the molecule is O=C(CC1(O)C(=O)Nc2ccc(Br)cc21)c1ccccc1Cl. The van der Waals surface area contributed by atoms with Crippen molar-refractivity contribution >= 4 is 44.9 Å². The molecule has 1 unspecified atom stereocenters. The van der Waals surface area contributed by atoms with Gasteiger partial charge in [-0.25, -0.2) is 0 Å². The Morgan fingerprint density at radius 3 is 2.73 bits per heavy atom. The second-order valence-electron chi connectivity index (χ2n) is 5.08. The summed E-state index contributed by atoms with van der Waals surface area (Å²) in [6, 6.07) is 11.6. The number of aliphatic hydroxyl groups is 1. The Morgan fingerprint density at radius 1 is 1.27 bits per heavy atom. The van der Waals surface area contributed by atoms with Gasteiger partial charge in [0.25, 0.3) is 5.91 Å². The zero-order valence-corrected chi connectivity index (χ0v) is 13.6. The molecule has 1 heterocycles. The molecule has 6 heteroatoms. The molecule has 2 N–H and O–H groups in total. The van der Waals surface area contributed by atoms with Crippen LogP contribution in [0.5, 0.6) is 0 Å². The van der Waals surface area contributed by atoms with Crippen LogP contribution in [-0.4, -0.2) is 16.8 Å². The average molecular weight is 381 g/mol. The highest BCUT2D eigenvalue weighted by Crippen LogP contribution is 2.40. The smallest absolute Gasteiger partial charge is 0.261 e.